The predicted octanol–water partition coefficient (Wildman–Crippen LogP) is 3.46. The van der Waals surface area contributed by atoms with Crippen molar-refractivity contribution in [3.05, 3.63) is 34.5 Å². The van der Waals surface area contributed by atoms with Crippen molar-refractivity contribution < 1.29 is 13.9 Å². The Hall–Kier alpha value is -1.01. The summed E-state index contributed by atoms with van der Waals surface area (Å²) >= 11 is 1.63. The summed E-state index contributed by atoms with van der Waals surface area (Å²) in [6.45, 7) is 2.59. The van der Waals surface area contributed by atoms with E-state index in [1.165, 1.54) is 6.07 Å². The van der Waals surface area contributed by atoms with Gasteiger partial charge in [0.1, 0.15) is 5.82 Å². The Balaban J connectivity index is 1.79. The van der Waals surface area contributed by atoms with E-state index in [4.69, 9.17) is 9.47 Å². The van der Waals surface area contributed by atoms with E-state index >= 15 is 0 Å². The van der Waals surface area contributed by atoms with Crippen molar-refractivity contribution >= 4 is 21.4 Å². The van der Waals surface area contributed by atoms with Gasteiger partial charge in [-0.15, -0.1) is 11.3 Å². The van der Waals surface area contributed by atoms with Crippen LogP contribution in [0.5, 0.6) is 0 Å². The molecule has 3 nitrogen and oxygen atoms in total. The van der Waals surface area contributed by atoms with E-state index in [2.05, 4.69) is 5.32 Å². The SMILES string of the molecule is CNCc1sc2cccc(F)c2c1COCC1CCCO1. The summed E-state index contributed by atoms with van der Waals surface area (Å²) in [5.74, 6) is -0.165. The van der Waals surface area contributed by atoms with E-state index < -0.39 is 0 Å². The van der Waals surface area contributed by atoms with Gasteiger partial charge in [-0.3, -0.25) is 0 Å². The van der Waals surface area contributed by atoms with Crippen LogP contribution in [-0.2, 0) is 22.6 Å². The highest BCUT2D eigenvalue weighted by Gasteiger charge is 2.18. The largest absolute Gasteiger partial charge is 0.376 e. The normalized spacial score (nSPS) is 18.7. The minimum Gasteiger partial charge on any atom is -0.376 e. The molecule has 5 heteroatoms. The molecule has 1 aliphatic rings. The van der Waals surface area contributed by atoms with Crippen LogP contribution in [0.4, 0.5) is 4.39 Å². The molecule has 1 unspecified atom stereocenters. The molecule has 0 spiro atoms. The molecular formula is C16H20FNO2S. The zero-order valence-electron chi connectivity index (χ0n) is 12.2. The zero-order valence-corrected chi connectivity index (χ0v) is 13.0. The molecule has 1 aliphatic heterocycles. The van der Waals surface area contributed by atoms with Crippen LogP contribution >= 0.6 is 11.3 Å². The van der Waals surface area contributed by atoms with E-state index in [1.54, 1.807) is 17.4 Å². The molecule has 2 heterocycles. The molecule has 1 fully saturated rings. The summed E-state index contributed by atoms with van der Waals surface area (Å²) in [4.78, 5) is 1.14. The number of ether oxygens (including phenoxy) is 2. The summed E-state index contributed by atoms with van der Waals surface area (Å²) in [6.07, 6.45) is 2.37. The maximum atomic E-state index is 14.1. The molecule has 0 bridgehead atoms. The average molecular weight is 309 g/mol. The highest BCUT2D eigenvalue weighted by molar-refractivity contribution is 7.19. The Morgan fingerprint density at radius 3 is 3.14 bits per heavy atom. The van der Waals surface area contributed by atoms with Gasteiger partial charge in [-0.2, -0.15) is 0 Å². The summed E-state index contributed by atoms with van der Waals surface area (Å²) in [5.41, 5.74) is 0.973. The van der Waals surface area contributed by atoms with E-state index in [0.29, 0.717) is 18.6 Å². The van der Waals surface area contributed by atoms with Crippen LogP contribution in [-0.4, -0.2) is 26.4 Å². The maximum absolute atomic E-state index is 14.1. The number of rotatable bonds is 6. The molecule has 1 aromatic carbocycles. The Morgan fingerprint density at radius 2 is 2.38 bits per heavy atom. The summed E-state index contributed by atoms with van der Waals surface area (Å²) in [5, 5.41) is 3.85. The fourth-order valence-corrected chi connectivity index (χ4v) is 3.98. The zero-order chi connectivity index (χ0) is 14.7. The van der Waals surface area contributed by atoms with Crippen molar-refractivity contribution in [2.24, 2.45) is 0 Å². The fourth-order valence-electron chi connectivity index (χ4n) is 2.74. The van der Waals surface area contributed by atoms with Crippen LogP contribution in [0.15, 0.2) is 18.2 Å². The number of halogens is 1. The molecule has 0 radical (unpaired) electrons. The molecule has 1 aromatic heterocycles. The Kier molecular flexibility index (Phi) is 4.85. The van der Waals surface area contributed by atoms with Crippen molar-refractivity contribution in [2.45, 2.75) is 32.1 Å². The lowest BCUT2D eigenvalue weighted by molar-refractivity contribution is 0.0108. The summed E-state index contributed by atoms with van der Waals surface area (Å²) in [7, 11) is 1.90. The van der Waals surface area contributed by atoms with Crippen molar-refractivity contribution in [1.82, 2.24) is 5.32 Å². The van der Waals surface area contributed by atoms with Gasteiger partial charge in [0.2, 0.25) is 0 Å². The second-order valence-corrected chi connectivity index (χ2v) is 6.43. The Bertz CT molecular complexity index is 608. The third kappa shape index (κ3) is 3.26. The lowest BCUT2D eigenvalue weighted by atomic mass is 10.1. The second-order valence-electron chi connectivity index (χ2n) is 5.30. The van der Waals surface area contributed by atoms with E-state index in [9.17, 15) is 4.39 Å². The number of nitrogens with one attached hydrogen (secondary N) is 1. The molecule has 0 aliphatic carbocycles. The van der Waals surface area contributed by atoms with Crippen molar-refractivity contribution in [2.75, 3.05) is 20.3 Å². The van der Waals surface area contributed by atoms with E-state index in [-0.39, 0.29) is 11.9 Å². The van der Waals surface area contributed by atoms with Crippen LogP contribution in [0.2, 0.25) is 0 Å². The lowest BCUT2D eigenvalue weighted by Gasteiger charge is -2.11. The van der Waals surface area contributed by atoms with Gasteiger partial charge >= 0.3 is 0 Å². The molecule has 1 atom stereocenters. The molecule has 1 N–H and O–H groups in total. The minimum absolute atomic E-state index is 0.165. The Morgan fingerprint density at radius 1 is 1.48 bits per heavy atom. The molecule has 21 heavy (non-hydrogen) atoms. The topological polar surface area (TPSA) is 30.5 Å². The lowest BCUT2D eigenvalue weighted by Crippen LogP contribution is -2.14. The van der Waals surface area contributed by atoms with E-state index in [1.807, 2.05) is 13.1 Å². The molecule has 0 amide bonds. The smallest absolute Gasteiger partial charge is 0.132 e. The molecule has 2 aromatic rings. The molecule has 1 saturated heterocycles. The van der Waals surface area contributed by atoms with Gasteiger partial charge in [0.25, 0.3) is 0 Å². The van der Waals surface area contributed by atoms with Crippen LogP contribution < -0.4 is 5.32 Å². The van der Waals surface area contributed by atoms with E-state index in [0.717, 1.165) is 41.1 Å². The number of benzene rings is 1. The first-order valence-corrected chi connectivity index (χ1v) is 8.14. The van der Waals surface area contributed by atoms with Crippen LogP contribution in [0.25, 0.3) is 10.1 Å². The summed E-state index contributed by atoms with van der Waals surface area (Å²) < 4.78 is 26.5. The number of fused-ring (bicyclic) bond motifs is 1. The monoisotopic (exact) mass is 309 g/mol. The van der Waals surface area contributed by atoms with Crippen LogP contribution in [0, 0.1) is 5.82 Å². The standard InChI is InChI=1S/C16H20FNO2S/c1-18-8-15-12(10-19-9-11-4-3-7-20-11)16-13(17)5-2-6-14(16)21-15/h2,5-6,11,18H,3-4,7-10H2,1H3. The van der Waals surface area contributed by atoms with Gasteiger partial charge in [-0.1, -0.05) is 6.07 Å². The van der Waals surface area contributed by atoms with Crippen molar-refractivity contribution in [3.63, 3.8) is 0 Å². The van der Waals surface area contributed by atoms with Crippen LogP contribution in [0.3, 0.4) is 0 Å². The number of hydrogen-bond donors (Lipinski definition) is 1. The van der Waals surface area contributed by atoms with Crippen molar-refractivity contribution in [1.29, 1.82) is 0 Å². The first-order valence-electron chi connectivity index (χ1n) is 7.32. The third-order valence-electron chi connectivity index (χ3n) is 3.76. The van der Waals surface area contributed by atoms with Gasteiger partial charge in [0, 0.05) is 33.7 Å². The van der Waals surface area contributed by atoms with Crippen molar-refractivity contribution in [3.8, 4) is 0 Å². The highest BCUT2D eigenvalue weighted by Crippen LogP contribution is 2.33. The van der Waals surface area contributed by atoms with Gasteiger partial charge in [-0.25, -0.2) is 4.39 Å². The van der Waals surface area contributed by atoms with Gasteiger partial charge in [-0.05, 0) is 32.0 Å². The quantitative estimate of drug-likeness (QED) is 0.886. The number of hydrogen-bond acceptors (Lipinski definition) is 4. The molecule has 114 valence electrons. The summed E-state index contributed by atoms with van der Waals surface area (Å²) in [6, 6.07) is 5.24. The molecular weight excluding hydrogens is 289 g/mol. The van der Waals surface area contributed by atoms with Gasteiger partial charge in [0.05, 0.1) is 19.3 Å². The first kappa shape index (κ1) is 14.9. The third-order valence-corrected chi connectivity index (χ3v) is 4.96. The first-order chi connectivity index (χ1) is 10.3. The van der Waals surface area contributed by atoms with Gasteiger partial charge < -0.3 is 14.8 Å². The average Bonchev–Trinajstić information content (AvgIpc) is 3.09. The minimum atomic E-state index is -0.165. The second kappa shape index (κ2) is 6.83. The van der Waals surface area contributed by atoms with Crippen LogP contribution in [0.1, 0.15) is 23.3 Å². The Labute approximate surface area is 128 Å². The van der Waals surface area contributed by atoms with Gasteiger partial charge in [0.15, 0.2) is 0 Å². The maximum Gasteiger partial charge on any atom is 0.132 e. The fraction of sp³-hybridized carbons (Fsp3) is 0.500. The highest BCUT2D eigenvalue weighted by atomic mass is 32.1. The predicted molar refractivity (Wildman–Crippen MR) is 83.2 cm³/mol. The molecule has 0 saturated carbocycles. The molecule has 3 rings (SSSR count). The number of thiophene rings is 1.